The number of rotatable bonds is 1. The van der Waals surface area contributed by atoms with Crippen molar-refractivity contribution in [3.05, 3.63) is 33.4 Å². The molecule has 1 heterocycles. The molecule has 0 aliphatic heterocycles. The van der Waals surface area contributed by atoms with Crippen molar-refractivity contribution in [1.82, 2.24) is 4.98 Å². The number of nitrogens with zero attached hydrogens (tertiary/aromatic N) is 1. The number of halogens is 1. The third kappa shape index (κ3) is 1.80. The zero-order valence-electron chi connectivity index (χ0n) is 10.4. The average Bonchev–Trinajstić information content (AvgIpc) is 2.36. The molecule has 94 valence electrons. The Morgan fingerprint density at radius 2 is 2.06 bits per heavy atom. The van der Waals surface area contributed by atoms with E-state index in [-0.39, 0.29) is 0 Å². The van der Waals surface area contributed by atoms with Crippen LogP contribution in [0.5, 0.6) is 0 Å². The topological polar surface area (TPSA) is 50.9 Å². The SMILES string of the molecule is Cc1cc(Br)cc2c(NN)c3c(nc12)CCCC3. The highest BCUT2D eigenvalue weighted by atomic mass is 79.9. The van der Waals surface area contributed by atoms with Crippen LogP contribution in [0, 0.1) is 6.92 Å². The lowest BCUT2D eigenvalue weighted by Crippen LogP contribution is -2.15. The minimum absolute atomic E-state index is 1.05. The second kappa shape index (κ2) is 4.52. The van der Waals surface area contributed by atoms with E-state index < -0.39 is 0 Å². The molecule has 1 aliphatic rings. The number of nitrogens with one attached hydrogen (secondary N) is 1. The Kier molecular flexibility index (Phi) is 2.99. The lowest BCUT2D eigenvalue weighted by Gasteiger charge is -2.21. The van der Waals surface area contributed by atoms with Crippen LogP contribution in [0.15, 0.2) is 16.6 Å². The highest BCUT2D eigenvalue weighted by molar-refractivity contribution is 9.10. The van der Waals surface area contributed by atoms with Gasteiger partial charge in [0.1, 0.15) is 0 Å². The van der Waals surface area contributed by atoms with E-state index in [4.69, 9.17) is 10.8 Å². The Bertz CT molecular complexity index is 622. The van der Waals surface area contributed by atoms with Crippen molar-refractivity contribution < 1.29 is 0 Å². The summed E-state index contributed by atoms with van der Waals surface area (Å²) in [5.41, 5.74) is 8.71. The molecule has 0 radical (unpaired) electrons. The molecule has 0 bridgehead atoms. The van der Waals surface area contributed by atoms with Crippen molar-refractivity contribution in [2.45, 2.75) is 32.6 Å². The molecule has 0 unspecified atom stereocenters. The molecule has 3 nitrogen and oxygen atoms in total. The number of fused-ring (bicyclic) bond motifs is 2. The standard InChI is InChI=1S/C14H16BrN3/c1-8-6-9(15)7-11-13(8)17-12-5-3-2-4-10(12)14(11)18-16/h6-7H,2-5,16H2,1H3,(H,17,18). The van der Waals surface area contributed by atoms with Crippen LogP contribution in [0.25, 0.3) is 10.9 Å². The second-order valence-corrected chi connectivity index (χ2v) is 5.80. The average molecular weight is 306 g/mol. The summed E-state index contributed by atoms with van der Waals surface area (Å²) in [6, 6.07) is 4.20. The van der Waals surface area contributed by atoms with Crippen LogP contribution in [0.3, 0.4) is 0 Å². The Hall–Kier alpha value is -1.13. The van der Waals surface area contributed by atoms with Crippen molar-refractivity contribution in [1.29, 1.82) is 0 Å². The number of pyridine rings is 1. The van der Waals surface area contributed by atoms with Gasteiger partial charge in [-0.2, -0.15) is 0 Å². The van der Waals surface area contributed by atoms with E-state index in [2.05, 4.69) is 40.4 Å². The lowest BCUT2D eigenvalue weighted by atomic mass is 9.92. The van der Waals surface area contributed by atoms with E-state index in [1.54, 1.807) is 0 Å². The molecule has 2 aromatic rings. The Morgan fingerprint density at radius 1 is 1.28 bits per heavy atom. The maximum Gasteiger partial charge on any atom is 0.0756 e. The van der Waals surface area contributed by atoms with Gasteiger partial charge in [0.05, 0.1) is 11.2 Å². The van der Waals surface area contributed by atoms with Crippen molar-refractivity contribution in [3.8, 4) is 0 Å². The predicted octanol–water partition coefficient (Wildman–Crippen LogP) is 3.47. The van der Waals surface area contributed by atoms with E-state index in [9.17, 15) is 0 Å². The fraction of sp³-hybridized carbons (Fsp3) is 0.357. The molecule has 1 aliphatic carbocycles. The molecular formula is C14H16BrN3. The van der Waals surface area contributed by atoms with Gasteiger partial charge in [-0.25, -0.2) is 0 Å². The van der Waals surface area contributed by atoms with Crippen LogP contribution >= 0.6 is 15.9 Å². The molecule has 0 amide bonds. The molecule has 18 heavy (non-hydrogen) atoms. The number of nitrogens with two attached hydrogens (primary N) is 1. The molecule has 4 heteroatoms. The van der Waals surface area contributed by atoms with E-state index >= 15 is 0 Å². The number of hydrazine groups is 1. The summed E-state index contributed by atoms with van der Waals surface area (Å²) < 4.78 is 1.07. The minimum atomic E-state index is 1.05. The maximum absolute atomic E-state index is 5.75. The number of hydrogen-bond donors (Lipinski definition) is 2. The highest BCUT2D eigenvalue weighted by Gasteiger charge is 2.18. The molecule has 0 spiro atoms. The molecule has 1 aromatic carbocycles. The third-order valence-electron chi connectivity index (χ3n) is 3.67. The van der Waals surface area contributed by atoms with Crippen molar-refractivity contribution in [2.75, 3.05) is 5.43 Å². The van der Waals surface area contributed by atoms with E-state index in [1.165, 1.54) is 29.7 Å². The molecule has 3 N–H and O–H groups in total. The maximum atomic E-state index is 5.75. The number of aryl methyl sites for hydroxylation is 2. The molecule has 1 aromatic heterocycles. The summed E-state index contributed by atoms with van der Waals surface area (Å²) >= 11 is 3.55. The van der Waals surface area contributed by atoms with E-state index in [0.29, 0.717) is 0 Å². The number of aromatic nitrogens is 1. The zero-order chi connectivity index (χ0) is 12.7. The minimum Gasteiger partial charge on any atom is -0.323 e. The van der Waals surface area contributed by atoms with Crippen molar-refractivity contribution in [3.63, 3.8) is 0 Å². The number of nitrogen functional groups attached to an aromatic ring is 1. The first-order chi connectivity index (χ1) is 8.70. The van der Waals surface area contributed by atoms with Gasteiger partial charge in [-0.3, -0.25) is 10.8 Å². The van der Waals surface area contributed by atoms with Gasteiger partial charge in [0.2, 0.25) is 0 Å². The summed E-state index contributed by atoms with van der Waals surface area (Å²) in [6.07, 6.45) is 4.59. The molecular weight excluding hydrogens is 290 g/mol. The zero-order valence-corrected chi connectivity index (χ0v) is 12.0. The van der Waals surface area contributed by atoms with Gasteiger partial charge in [0.25, 0.3) is 0 Å². The molecule has 0 saturated carbocycles. The van der Waals surface area contributed by atoms with Gasteiger partial charge >= 0.3 is 0 Å². The van der Waals surface area contributed by atoms with Gasteiger partial charge in [-0.15, -0.1) is 0 Å². The third-order valence-corrected chi connectivity index (χ3v) is 4.12. The Labute approximate surface area is 115 Å². The summed E-state index contributed by atoms with van der Waals surface area (Å²) in [4.78, 5) is 4.85. The van der Waals surface area contributed by atoms with E-state index in [1.807, 2.05) is 0 Å². The molecule has 0 fully saturated rings. The molecule has 0 atom stereocenters. The number of hydrogen-bond acceptors (Lipinski definition) is 3. The summed E-state index contributed by atoms with van der Waals surface area (Å²) in [5, 5.41) is 1.12. The molecule has 0 saturated heterocycles. The van der Waals surface area contributed by atoms with Crippen LogP contribution in [0.2, 0.25) is 0 Å². The first-order valence-corrected chi connectivity index (χ1v) is 7.08. The second-order valence-electron chi connectivity index (χ2n) is 4.88. The fourth-order valence-corrected chi connectivity index (χ4v) is 3.39. The predicted molar refractivity (Wildman–Crippen MR) is 78.6 cm³/mol. The normalized spacial score (nSPS) is 14.6. The van der Waals surface area contributed by atoms with Gasteiger partial charge in [-0.1, -0.05) is 15.9 Å². The number of anilines is 1. The largest absolute Gasteiger partial charge is 0.323 e. The Balaban J connectivity index is 2.40. The lowest BCUT2D eigenvalue weighted by molar-refractivity contribution is 0.672. The Morgan fingerprint density at radius 3 is 2.83 bits per heavy atom. The van der Waals surface area contributed by atoms with Gasteiger partial charge < -0.3 is 5.43 Å². The van der Waals surface area contributed by atoms with Crippen molar-refractivity contribution in [2.24, 2.45) is 5.84 Å². The van der Waals surface area contributed by atoms with Crippen molar-refractivity contribution >= 4 is 32.5 Å². The first kappa shape index (κ1) is 11.9. The van der Waals surface area contributed by atoms with Crippen LogP contribution in [-0.2, 0) is 12.8 Å². The summed E-state index contributed by atoms with van der Waals surface area (Å²) in [5.74, 6) is 5.75. The van der Waals surface area contributed by atoms with Crippen LogP contribution in [0.4, 0.5) is 5.69 Å². The smallest absolute Gasteiger partial charge is 0.0756 e. The van der Waals surface area contributed by atoms with Crippen LogP contribution in [-0.4, -0.2) is 4.98 Å². The highest BCUT2D eigenvalue weighted by Crippen LogP contribution is 2.35. The van der Waals surface area contributed by atoms with Gasteiger partial charge in [0, 0.05) is 15.6 Å². The van der Waals surface area contributed by atoms with Gasteiger partial charge in [0.15, 0.2) is 0 Å². The van der Waals surface area contributed by atoms with E-state index in [0.717, 1.165) is 33.9 Å². The fourth-order valence-electron chi connectivity index (χ4n) is 2.82. The van der Waals surface area contributed by atoms with Crippen LogP contribution < -0.4 is 11.3 Å². The molecule has 3 rings (SSSR count). The van der Waals surface area contributed by atoms with Crippen LogP contribution in [0.1, 0.15) is 29.7 Å². The summed E-state index contributed by atoms with van der Waals surface area (Å²) in [6.45, 7) is 2.09. The van der Waals surface area contributed by atoms with Gasteiger partial charge in [-0.05, 0) is 55.9 Å². The number of benzene rings is 1. The first-order valence-electron chi connectivity index (χ1n) is 6.29. The quantitative estimate of drug-likeness (QED) is 0.626. The summed E-state index contributed by atoms with van der Waals surface area (Å²) in [7, 11) is 0. The monoisotopic (exact) mass is 305 g/mol.